The zero-order valence-electron chi connectivity index (χ0n) is 17.8. The average Bonchev–Trinajstić information content (AvgIpc) is 3.18. The van der Waals surface area contributed by atoms with E-state index in [2.05, 4.69) is 10.3 Å². The summed E-state index contributed by atoms with van der Waals surface area (Å²) in [7, 11) is 1.64. The fourth-order valence-corrected chi connectivity index (χ4v) is 4.47. The maximum absolute atomic E-state index is 14.1. The molecule has 2 aromatic heterocycles. The van der Waals surface area contributed by atoms with Gasteiger partial charge < -0.3 is 14.6 Å². The summed E-state index contributed by atoms with van der Waals surface area (Å²) < 4.78 is 21.2. The van der Waals surface area contributed by atoms with Crippen LogP contribution < -0.4 is 10.1 Å². The molecule has 6 nitrogen and oxygen atoms in total. The van der Waals surface area contributed by atoms with E-state index in [4.69, 9.17) is 9.72 Å². The van der Waals surface area contributed by atoms with Crippen molar-refractivity contribution >= 4 is 34.4 Å². The van der Waals surface area contributed by atoms with Gasteiger partial charge in [-0.2, -0.15) is 0 Å². The first-order valence-corrected chi connectivity index (χ1v) is 11.2. The molecule has 4 rings (SSSR count). The van der Waals surface area contributed by atoms with Gasteiger partial charge in [0.05, 0.1) is 30.0 Å². The number of halogens is 1. The van der Waals surface area contributed by atoms with E-state index in [-0.39, 0.29) is 11.6 Å². The third-order valence-corrected chi connectivity index (χ3v) is 6.14. The molecule has 0 fully saturated rings. The van der Waals surface area contributed by atoms with Crippen molar-refractivity contribution in [2.24, 2.45) is 0 Å². The average molecular weight is 451 g/mol. The Morgan fingerprint density at radius 2 is 1.97 bits per heavy atom. The molecule has 0 bridgehead atoms. The van der Waals surface area contributed by atoms with Crippen LogP contribution in [0.1, 0.15) is 24.9 Å². The van der Waals surface area contributed by atoms with Crippen LogP contribution in [0, 0.1) is 5.82 Å². The number of para-hydroxylation sites is 1. The highest BCUT2D eigenvalue weighted by Crippen LogP contribution is 2.32. The van der Waals surface area contributed by atoms with Crippen molar-refractivity contribution in [1.29, 1.82) is 0 Å². The molecule has 0 aliphatic rings. The van der Waals surface area contributed by atoms with Crippen molar-refractivity contribution in [3.63, 3.8) is 0 Å². The Hall–Kier alpha value is -3.39. The third kappa shape index (κ3) is 4.60. The maximum atomic E-state index is 14.1. The molecule has 2 aromatic carbocycles. The number of thioether (sulfide) groups is 1. The first kappa shape index (κ1) is 21.8. The van der Waals surface area contributed by atoms with Gasteiger partial charge in [-0.15, -0.1) is 0 Å². The molecule has 0 saturated carbocycles. The molecule has 164 valence electrons. The molecule has 1 atom stereocenters. The number of fused-ring (bicyclic) bond motifs is 1. The van der Waals surface area contributed by atoms with Gasteiger partial charge >= 0.3 is 0 Å². The minimum absolute atomic E-state index is 0.158. The van der Waals surface area contributed by atoms with E-state index >= 15 is 0 Å². The number of methoxy groups -OCH3 is 1. The molecule has 0 saturated heterocycles. The van der Waals surface area contributed by atoms with Crippen LogP contribution in [-0.2, 0) is 10.5 Å². The zero-order chi connectivity index (χ0) is 22.5. The molecule has 32 heavy (non-hydrogen) atoms. The number of rotatable bonds is 8. The number of hydrogen-bond donors (Lipinski definition) is 1. The van der Waals surface area contributed by atoms with Crippen LogP contribution in [0.2, 0.25) is 0 Å². The van der Waals surface area contributed by atoms with Crippen LogP contribution in [0.4, 0.5) is 10.1 Å². The number of ether oxygens (including phenoxy) is 1. The molecule has 1 amide bonds. The lowest BCUT2D eigenvalue weighted by Gasteiger charge is -2.20. The van der Waals surface area contributed by atoms with Crippen molar-refractivity contribution in [3.8, 4) is 5.75 Å². The van der Waals surface area contributed by atoms with Crippen molar-refractivity contribution in [2.45, 2.75) is 30.3 Å². The second kappa shape index (κ2) is 9.82. The summed E-state index contributed by atoms with van der Waals surface area (Å²) in [5.41, 5.74) is 2.79. The predicted molar refractivity (Wildman–Crippen MR) is 124 cm³/mol. The molecule has 1 N–H and O–H groups in total. The minimum Gasteiger partial charge on any atom is -0.497 e. The number of carbonyl (C=O) groups is 1. The smallest absolute Gasteiger partial charge is 0.247 e. The van der Waals surface area contributed by atoms with E-state index in [1.807, 2.05) is 41.8 Å². The second-order valence-electron chi connectivity index (χ2n) is 7.16. The summed E-state index contributed by atoms with van der Waals surface area (Å²) in [5.74, 6) is 0.702. The van der Waals surface area contributed by atoms with Gasteiger partial charge in [0, 0.05) is 11.9 Å². The normalized spacial score (nSPS) is 12.0. The fourth-order valence-electron chi connectivity index (χ4n) is 3.46. The predicted octanol–water partition coefficient (Wildman–Crippen LogP) is 5.46. The summed E-state index contributed by atoms with van der Waals surface area (Å²) in [5, 5.41) is 3.43. The number of nitrogens with one attached hydrogen (secondary N) is 1. The zero-order valence-corrected chi connectivity index (χ0v) is 18.6. The lowest BCUT2D eigenvalue weighted by Crippen LogP contribution is -2.26. The Balaban J connectivity index is 1.64. The van der Waals surface area contributed by atoms with Crippen molar-refractivity contribution in [3.05, 3.63) is 78.4 Å². The number of anilines is 1. The molecule has 8 heteroatoms. The van der Waals surface area contributed by atoms with E-state index < -0.39 is 11.9 Å². The number of nitrogens with zero attached hydrogens (tertiary/aromatic N) is 3. The van der Waals surface area contributed by atoms with E-state index in [0.29, 0.717) is 17.3 Å². The molecule has 4 aromatic rings. The van der Waals surface area contributed by atoms with Gasteiger partial charge in [-0.3, -0.25) is 9.78 Å². The Morgan fingerprint density at radius 1 is 1.19 bits per heavy atom. The summed E-state index contributed by atoms with van der Waals surface area (Å²) in [6, 6.07) is 15.2. The van der Waals surface area contributed by atoms with Gasteiger partial charge in [0.1, 0.15) is 17.6 Å². The SMILES string of the molecule is CCC(C(=O)Nc1ccccc1F)n1c(SCc2ccc(OC)cc2)nc2ccncc21. The number of hydrogen-bond acceptors (Lipinski definition) is 5. The summed E-state index contributed by atoms with van der Waals surface area (Å²) >= 11 is 1.54. The maximum Gasteiger partial charge on any atom is 0.247 e. The first-order valence-electron chi connectivity index (χ1n) is 10.2. The van der Waals surface area contributed by atoms with Gasteiger partial charge in [0.25, 0.3) is 0 Å². The molecule has 0 aliphatic heterocycles. The first-order chi connectivity index (χ1) is 15.6. The topological polar surface area (TPSA) is 69.0 Å². The largest absolute Gasteiger partial charge is 0.497 e. The van der Waals surface area contributed by atoms with E-state index in [9.17, 15) is 9.18 Å². The molecule has 0 aliphatic carbocycles. The molecule has 1 unspecified atom stereocenters. The monoisotopic (exact) mass is 450 g/mol. The number of benzene rings is 2. The second-order valence-corrected chi connectivity index (χ2v) is 8.10. The third-order valence-electron chi connectivity index (χ3n) is 5.12. The molecular formula is C24H23FN4O2S. The van der Waals surface area contributed by atoms with Crippen LogP contribution in [0.3, 0.4) is 0 Å². The Labute approximate surface area is 189 Å². The highest BCUT2D eigenvalue weighted by atomic mass is 32.2. The van der Waals surface area contributed by atoms with Crippen molar-refractivity contribution in [1.82, 2.24) is 14.5 Å². The van der Waals surface area contributed by atoms with Crippen LogP contribution in [0.5, 0.6) is 5.75 Å². The van der Waals surface area contributed by atoms with Gasteiger partial charge in [0.15, 0.2) is 5.16 Å². The standard InChI is InChI=1S/C24H23FN4O2S/c1-3-21(23(30)27-19-7-5-4-6-18(19)25)29-22-14-26-13-12-20(22)28-24(29)32-15-16-8-10-17(31-2)11-9-16/h4-14,21H,3,15H2,1-2H3,(H,27,30). The summed E-state index contributed by atoms with van der Waals surface area (Å²) in [4.78, 5) is 22.1. The lowest BCUT2D eigenvalue weighted by atomic mass is 10.2. The number of aromatic nitrogens is 3. The van der Waals surface area contributed by atoms with Gasteiger partial charge in [-0.1, -0.05) is 43.0 Å². The molecule has 0 radical (unpaired) electrons. The number of amides is 1. The number of imidazole rings is 1. The molecular weight excluding hydrogens is 427 g/mol. The Bertz CT molecular complexity index is 1230. The van der Waals surface area contributed by atoms with Crippen LogP contribution in [0.25, 0.3) is 11.0 Å². The number of carbonyl (C=O) groups excluding carboxylic acids is 1. The number of pyridine rings is 1. The lowest BCUT2D eigenvalue weighted by molar-refractivity contribution is -0.119. The van der Waals surface area contributed by atoms with Crippen molar-refractivity contribution < 1.29 is 13.9 Å². The molecule has 2 heterocycles. The van der Waals surface area contributed by atoms with Crippen molar-refractivity contribution in [2.75, 3.05) is 12.4 Å². The quantitative estimate of drug-likeness (QED) is 0.361. The van der Waals surface area contributed by atoms with E-state index in [1.165, 1.54) is 17.8 Å². The van der Waals surface area contributed by atoms with Crippen LogP contribution in [-0.4, -0.2) is 27.6 Å². The van der Waals surface area contributed by atoms with Gasteiger partial charge in [0.2, 0.25) is 5.91 Å². The van der Waals surface area contributed by atoms with Crippen LogP contribution >= 0.6 is 11.8 Å². The van der Waals surface area contributed by atoms with E-state index in [1.54, 1.807) is 37.7 Å². The fraction of sp³-hybridized carbons (Fsp3) is 0.208. The minimum atomic E-state index is -0.567. The van der Waals surface area contributed by atoms with Gasteiger partial charge in [-0.05, 0) is 42.3 Å². The Kier molecular flexibility index (Phi) is 6.70. The Morgan fingerprint density at radius 3 is 2.69 bits per heavy atom. The van der Waals surface area contributed by atoms with Gasteiger partial charge in [-0.25, -0.2) is 9.37 Å². The highest BCUT2D eigenvalue weighted by molar-refractivity contribution is 7.98. The highest BCUT2D eigenvalue weighted by Gasteiger charge is 2.25. The summed E-state index contributed by atoms with van der Waals surface area (Å²) in [6.45, 7) is 1.92. The molecule has 0 spiro atoms. The van der Waals surface area contributed by atoms with E-state index in [0.717, 1.165) is 22.3 Å². The summed E-state index contributed by atoms with van der Waals surface area (Å²) in [6.07, 6.45) is 3.90. The van der Waals surface area contributed by atoms with Crippen LogP contribution in [0.15, 0.2) is 72.1 Å².